The number of anilines is 1. The van der Waals surface area contributed by atoms with E-state index in [1.54, 1.807) is 0 Å². The minimum Gasteiger partial charge on any atom is -0.478 e. The van der Waals surface area contributed by atoms with Crippen molar-refractivity contribution in [1.29, 1.82) is 0 Å². The molecule has 0 aliphatic rings. The molecule has 15 heavy (non-hydrogen) atoms. The molecule has 1 rings (SSSR count). The first-order valence-corrected chi connectivity index (χ1v) is 4.24. The molecule has 1 aromatic heterocycles. The highest BCUT2D eigenvalue weighted by Crippen LogP contribution is 2.11. The molecule has 0 aliphatic carbocycles. The van der Waals surface area contributed by atoms with E-state index in [1.165, 1.54) is 24.4 Å². The predicted molar refractivity (Wildman–Crippen MR) is 54.6 cm³/mol. The van der Waals surface area contributed by atoms with E-state index in [-0.39, 0.29) is 23.7 Å². The third-order valence-corrected chi connectivity index (χ3v) is 1.63. The van der Waals surface area contributed by atoms with Crippen LogP contribution in [-0.2, 0) is 4.79 Å². The maximum atomic E-state index is 11.2. The van der Waals surface area contributed by atoms with Gasteiger partial charge in [0.05, 0.1) is 0 Å². The second-order valence-corrected chi connectivity index (χ2v) is 2.75. The van der Waals surface area contributed by atoms with Gasteiger partial charge in [-0.15, -0.1) is 6.58 Å². The molecule has 0 saturated carbocycles. The number of hydrogen-bond acceptors (Lipinski definition) is 3. The van der Waals surface area contributed by atoms with E-state index in [2.05, 4.69) is 16.9 Å². The first-order chi connectivity index (χ1) is 7.15. The Labute approximate surface area is 86.5 Å². The largest absolute Gasteiger partial charge is 0.478 e. The molecule has 2 N–H and O–H groups in total. The van der Waals surface area contributed by atoms with Crippen molar-refractivity contribution in [3.63, 3.8) is 0 Å². The molecule has 1 aromatic rings. The second kappa shape index (κ2) is 4.90. The average molecular weight is 206 g/mol. The number of aromatic nitrogens is 1. The zero-order valence-electron chi connectivity index (χ0n) is 7.93. The Balaban J connectivity index is 2.89. The first kappa shape index (κ1) is 10.9. The number of rotatable bonds is 4. The van der Waals surface area contributed by atoms with Crippen LogP contribution >= 0.6 is 0 Å². The zero-order chi connectivity index (χ0) is 11.3. The van der Waals surface area contributed by atoms with Gasteiger partial charge < -0.3 is 10.4 Å². The molecule has 0 aliphatic heterocycles. The van der Waals surface area contributed by atoms with Gasteiger partial charge in [0.1, 0.15) is 11.4 Å². The van der Waals surface area contributed by atoms with Crippen LogP contribution in [0.4, 0.5) is 5.82 Å². The standard InChI is InChI=1S/C10H10N2O3/c1-2-4-8(13)12-9-7(10(14)15)5-3-6-11-9/h2-3,5-6H,1,4H2,(H,14,15)(H,11,12,13). The van der Waals surface area contributed by atoms with Gasteiger partial charge in [-0.1, -0.05) is 6.08 Å². The molecule has 0 aromatic carbocycles. The number of carboxylic acid groups (broad SMARTS) is 1. The van der Waals surface area contributed by atoms with Gasteiger partial charge in [0.25, 0.3) is 0 Å². The number of aromatic carboxylic acids is 1. The molecule has 5 nitrogen and oxygen atoms in total. The molecular weight excluding hydrogens is 196 g/mol. The van der Waals surface area contributed by atoms with Crippen LogP contribution in [0.15, 0.2) is 31.0 Å². The van der Waals surface area contributed by atoms with E-state index in [0.29, 0.717) is 0 Å². The number of nitrogens with one attached hydrogen (secondary N) is 1. The third kappa shape index (κ3) is 2.91. The highest BCUT2D eigenvalue weighted by Gasteiger charge is 2.11. The molecule has 0 atom stereocenters. The lowest BCUT2D eigenvalue weighted by molar-refractivity contribution is -0.115. The SMILES string of the molecule is C=CCC(=O)Nc1ncccc1C(=O)O. The molecule has 0 spiro atoms. The number of hydrogen-bond donors (Lipinski definition) is 2. The van der Waals surface area contributed by atoms with Crippen LogP contribution < -0.4 is 5.32 Å². The second-order valence-electron chi connectivity index (χ2n) is 2.75. The van der Waals surface area contributed by atoms with E-state index in [4.69, 9.17) is 5.11 Å². The number of carbonyl (C=O) groups excluding carboxylic acids is 1. The first-order valence-electron chi connectivity index (χ1n) is 4.24. The quantitative estimate of drug-likeness (QED) is 0.727. The minimum absolute atomic E-state index is 0.0325. The Kier molecular flexibility index (Phi) is 3.56. The van der Waals surface area contributed by atoms with Gasteiger partial charge in [-0.2, -0.15) is 0 Å². The van der Waals surface area contributed by atoms with Crippen molar-refractivity contribution in [2.45, 2.75) is 6.42 Å². The number of carbonyl (C=O) groups is 2. The summed E-state index contributed by atoms with van der Waals surface area (Å²) in [5.41, 5.74) is -0.0325. The van der Waals surface area contributed by atoms with Gasteiger partial charge in [-0.05, 0) is 12.1 Å². The molecule has 0 unspecified atom stereocenters. The number of carboxylic acids is 1. The number of nitrogens with zero attached hydrogens (tertiary/aromatic N) is 1. The van der Waals surface area contributed by atoms with Crippen LogP contribution in [-0.4, -0.2) is 22.0 Å². The van der Waals surface area contributed by atoms with E-state index in [1.807, 2.05) is 0 Å². The van der Waals surface area contributed by atoms with Crippen LogP contribution in [0.3, 0.4) is 0 Å². The number of pyridine rings is 1. The fraction of sp³-hybridized carbons (Fsp3) is 0.100. The zero-order valence-corrected chi connectivity index (χ0v) is 7.93. The summed E-state index contributed by atoms with van der Waals surface area (Å²) in [6.45, 7) is 3.40. The Hall–Kier alpha value is -2.17. The summed E-state index contributed by atoms with van der Waals surface area (Å²) in [6.07, 6.45) is 2.96. The van der Waals surface area contributed by atoms with Crippen molar-refractivity contribution < 1.29 is 14.7 Å². The summed E-state index contributed by atoms with van der Waals surface area (Å²) >= 11 is 0. The lowest BCUT2D eigenvalue weighted by Crippen LogP contribution is -2.14. The van der Waals surface area contributed by atoms with Crippen LogP contribution in [0.5, 0.6) is 0 Å². The highest BCUT2D eigenvalue weighted by atomic mass is 16.4. The van der Waals surface area contributed by atoms with E-state index >= 15 is 0 Å². The molecule has 0 bridgehead atoms. The molecule has 78 valence electrons. The van der Waals surface area contributed by atoms with Gasteiger partial charge in [0, 0.05) is 12.6 Å². The number of amides is 1. The molecular formula is C10H10N2O3. The highest BCUT2D eigenvalue weighted by molar-refractivity contribution is 5.99. The summed E-state index contributed by atoms with van der Waals surface area (Å²) in [7, 11) is 0. The van der Waals surface area contributed by atoms with Crippen LogP contribution in [0.2, 0.25) is 0 Å². The van der Waals surface area contributed by atoms with Crippen LogP contribution in [0.1, 0.15) is 16.8 Å². The maximum Gasteiger partial charge on any atom is 0.339 e. The fourth-order valence-corrected chi connectivity index (χ4v) is 0.992. The van der Waals surface area contributed by atoms with Crippen molar-refractivity contribution in [3.05, 3.63) is 36.5 Å². The topological polar surface area (TPSA) is 79.3 Å². The Morgan fingerprint density at radius 2 is 2.33 bits per heavy atom. The summed E-state index contributed by atoms with van der Waals surface area (Å²) < 4.78 is 0. The lowest BCUT2D eigenvalue weighted by atomic mass is 10.2. The Bertz CT molecular complexity index is 401. The van der Waals surface area contributed by atoms with Gasteiger partial charge in [0.2, 0.25) is 5.91 Å². The van der Waals surface area contributed by atoms with E-state index in [0.717, 1.165) is 0 Å². The Morgan fingerprint density at radius 1 is 1.60 bits per heavy atom. The summed E-state index contributed by atoms with van der Waals surface area (Å²) in [6, 6.07) is 2.87. The Morgan fingerprint density at radius 3 is 2.93 bits per heavy atom. The summed E-state index contributed by atoms with van der Waals surface area (Å²) in [4.78, 5) is 25.7. The van der Waals surface area contributed by atoms with Crippen molar-refractivity contribution in [3.8, 4) is 0 Å². The van der Waals surface area contributed by atoms with Crippen molar-refractivity contribution in [2.24, 2.45) is 0 Å². The minimum atomic E-state index is -1.13. The van der Waals surface area contributed by atoms with E-state index in [9.17, 15) is 9.59 Å². The smallest absolute Gasteiger partial charge is 0.339 e. The normalized spacial score (nSPS) is 9.33. The molecule has 0 saturated heterocycles. The van der Waals surface area contributed by atoms with E-state index < -0.39 is 5.97 Å². The summed E-state index contributed by atoms with van der Waals surface area (Å²) in [5.74, 6) is -1.42. The molecule has 0 fully saturated rings. The van der Waals surface area contributed by atoms with Crippen LogP contribution in [0, 0.1) is 0 Å². The van der Waals surface area contributed by atoms with Gasteiger partial charge in [0.15, 0.2) is 0 Å². The van der Waals surface area contributed by atoms with Crippen LogP contribution in [0.25, 0.3) is 0 Å². The average Bonchev–Trinajstić information content (AvgIpc) is 2.18. The van der Waals surface area contributed by atoms with Crippen molar-refractivity contribution in [2.75, 3.05) is 5.32 Å². The van der Waals surface area contributed by atoms with Crippen molar-refractivity contribution in [1.82, 2.24) is 4.98 Å². The molecule has 1 amide bonds. The van der Waals surface area contributed by atoms with Crippen molar-refractivity contribution >= 4 is 17.7 Å². The molecule has 0 radical (unpaired) electrons. The van der Waals surface area contributed by atoms with Gasteiger partial charge in [-0.3, -0.25) is 4.79 Å². The molecule has 1 heterocycles. The molecule has 5 heteroatoms. The third-order valence-electron chi connectivity index (χ3n) is 1.63. The lowest BCUT2D eigenvalue weighted by Gasteiger charge is -2.05. The fourth-order valence-electron chi connectivity index (χ4n) is 0.992. The monoisotopic (exact) mass is 206 g/mol. The predicted octanol–water partition coefficient (Wildman–Crippen LogP) is 1.29. The maximum absolute atomic E-state index is 11.2. The summed E-state index contributed by atoms with van der Waals surface area (Å²) in [5, 5.41) is 11.2. The van der Waals surface area contributed by atoms with Gasteiger partial charge in [-0.25, -0.2) is 9.78 Å². The van der Waals surface area contributed by atoms with Gasteiger partial charge >= 0.3 is 5.97 Å².